The second-order valence-electron chi connectivity index (χ2n) is 5.91. The zero-order chi connectivity index (χ0) is 15.5. The Morgan fingerprint density at radius 1 is 1.50 bits per heavy atom. The third kappa shape index (κ3) is 2.75. The lowest BCUT2D eigenvalue weighted by Gasteiger charge is -2.25. The molecular weight excluding hydrogens is 276 g/mol. The van der Waals surface area contributed by atoms with Crippen LogP contribution in [-0.2, 0) is 11.2 Å². The van der Waals surface area contributed by atoms with E-state index < -0.39 is 0 Å². The molecule has 2 heterocycles. The number of carbonyl (C=O) groups is 1. The third-order valence-corrected chi connectivity index (χ3v) is 4.43. The van der Waals surface area contributed by atoms with Gasteiger partial charge in [-0.2, -0.15) is 5.10 Å². The first-order chi connectivity index (χ1) is 10.7. The second kappa shape index (κ2) is 6.30. The van der Waals surface area contributed by atoms with E-state index in [0.29, 0.717) is 0 Å². The second-order valence-corrected chi connectivity index (χ2v) is 5.91. The Bertz CT molecular complexity index is 650. The van der Waals surface area contributed by atoms with Gasteiger partial charge < -0.3 is 5.32 Å². The van der Waals surface area contributed by atoms with Gasteiger partial charge in [-0.1, -0.05) is 19.9 Å². The lowest BCUT2D eigenvalue weighted by molar-refractivity contribution is -0.125. The quantitative estimate of drug-likeness (QED) is 0.944. The largest absolute Gasteiger partial charge is 0.349 e. The Hall–Kier alpha value is -2.17. The molecule has 116 valence electrons. The molecular formula is C17H22N4O. The van der Waals surface area contributed by atoms with Crippen molar-refractivity contribution < 1.29 is 4.79 Å². The molecule has 1 N–H and O–H groups in total. The van der Waals surface area contributed by atoms with E-state index in [1.807, 2.05) is 42.9 Å². The van der Waals surface area contributed by atoms with Crippen LogP contribution in [0.25, 0.3) is 5.82 Å². The number of fused-ring (bicyclic) bond motifs is 1. The van der Waals surface area contributed by atoms with Crippen LogP contribution in [0, 0.1) is 5.92 Å². The van der Waals surface area contributed by atoms with E-state index in [-0.39, 0.29) is 17.9 Å². The van der Waals surface area contributed by atoms with Crippen molar-refractivity contribution in [2.24, 2.45) is 5.92 Å². The smallest absolute Gasteiger partial charge is 0.223 e. The summed E-state index contributed by atoms with van der Waals surface area (Å²) in [7, 11) is 0. The summed E-state index contributed by atoms with van der Waals surface area (Å²) in [6, 6.07) is 5.88. The fourth-order valence-electron chi connectivity index (χ4n) is 2.88. The van der Waals surface area contributed by atoms with Gasteiger partial charge in [-0.15, -0.1) is 0 Å². The number of rotatable bonds is 4. The van der Waals surface area contributed by atoms with Crippen molar-refractivity contribution in [3.8, 4) is 5.82 Å². The van der Waals surface area contributed by atoms with Crippen LogP contribution in [0.3, 0.4) is 0 Å². The fourth-order valence-corrected chi connectivity index (χ4v) is 2.88. The molecule has 22 heavy (non-hydrogen) atoms. The average molecular weight is 298 g/mol. The minimum atomic E-state index is 0.0520. The molecule has 2 aromatic heterocycles. The number of hydrogen-bond acceptors (Lipinski definition) is 3. The highest BCUT2D eigenvalue weighted by Gasteiger charge is 2.27. The normalized spacial score (nSPS) is 18.5. The summed E-state index contributed by atoms with van der Waals surface area (Å²) >= 11 is 0. The van der Waals surface area contributed by atoms with Gasteiger partial charge in [-0.25, -0.2) is 9.67 Å². The van der Waals surface area contributed by atoms with Gasteiger partial charge in [0.05, 0.1) is 17.9 Å². The number of nitrogens with one attached hydrogen (secondary N) is 1. The van der Waals surface area contributed by atoms with Crippen LogP contribution in [0.15, 0.2) is 30.6 Å². The zero-order valence-corrected chi connectivity index (χ0v) is 13.1. The number of aromatic nitrogens is 3. The molecule has 5 heteroatoms. The molecule has 3 rings (SSSR count). The Morgan fingerprint density at radius 2 is 2.36 bits per heavy atom. The zero-order valence-electron chi connectivity index (χ0n) is 13.1. The van der Waals surface area contributed by atoms with E-state index in [1.54, 1.807) is 6.20 Å². The standard InChI is InChI=1S/C17H22N4O/c1-3-12(2)17(22)20-14-7-6-8-15-13(14)11-19-21(15)16-9-4-5-10-18-16/h4-5,9-12,14H,3,6-8H2,1-2H3,(H,20,22)/t12-,14+/m1/s1. The lowest BCUT2D eigenvalue weighted by atomic mass is 9.92. The van der Waals surface area contributed by atoms with Gasteiger partial charge in [0.2, 0.25) is 5.91 Å². The van der Waals surface area contributed by atoms with Crippen molar-refractivity contribution in [3.63, 3.8) is 0 Å². The van der Waals surface area contributed by atoms with Crippen molar-refractivity contribution in [1.82, 2.24) is 20.1 Å². The van der Waals surface area contributed by atoms with Crippen molar-refractivity contribution in [3.05, 3.63) is 41.9 Å². The summed E-state index contributed by atoms with van der Waals surface area (Å²) in [5, 5.41) is 7.67. The van der Waals surface area contributed by atoms with Gasteiger partial charge in [0, 0.05) is 17.7 Å². The molecule has 2 atom stereocenters. The molecule has 0 unspecified atom stereocenters. The van der Waals surface area contributed by atoms with E-state index in [0.717, 1.165) is 37.1 Å². The van der Waals surface area contributed by atoms with Crippen LogP contribution in [-0.4, -0.2) is 20.7 Å². The summed E-state index contributed by atoms with van der Waals surface area (Å²) < 4.78 is 1.90. The number of pyridine rings is 1. The van der Waals surface area contributed by atoms with Crippen molar-refractivity contribution in [2.75, 3.05) is 0 Å². The molecule has 2 aromatic rings. The topological polar surface area (TPSA) is 59.8 Å². The predicted octanol–water partition coefficient (Wildman–Crippen LogP) is 2.81. The maximum Gasteiger partial charge on any atom is 0.223 e. The fraction of sp³-hybridized carbons (Fsp3) is 0.471. The summed E-state index contributed by atoms with van der Waals surface area (Å²) in [6.07, 6.45) is 7.51. The average Bonchev–Trinajstić information content (AvgIpc) is 3.00. The third-order valence-electron chi connectivity index (χ3n) is 4.43. The summed E-state index contributed by atoms with van der Waals surface area (Å²) in [5.74, 6) is 1.01. The molecule has 1 aliphatic carbocycles. The molecule has 0 fully saturated rings. The van der Waals surface area contributed by atoms with E-state index in [4.69, 9.17) is 0 Å². The molecule has 0 saturated heterocycles. The molecule has 0 saturated carbocycles. The van der Waals surface area contributed by atoms with Gasteiger partial charge in [0.25, 0.3) is 0 Å². The first kappa shape index (κ1) is 14.8. The first-order valence-corrected chi connectivity index (χ1v) is 7.99. The van der Waals surface area contributed by atoms with Crippen LogP contribution in [0.1, 0.15) is 50.4 Å². The molecule has 1 amide bonds. The minimum Gasteiger partial charge on any atom is -0.349 e. The molecule has 0 aromatic carbocycles. The molecule has 1 aliphatic rings. The number of amides is 1. The first-order valence-electron chi connectivity index (χ1n) is 7.99. The van der Waals surface area contributed by atoms with Gasteiger partial charge in [-0.3, -0.25) is 4.79 Å². The van der Waals surface area contributed by atoms with Crippen molar-refractivity contribution >= 4 is 5.91 Å². The van der Waals surface area contributed by atoms with Gasteiger partial charge in [0.1, 0.15) is 0 Å². The highest BCUT2D eigenvalue weighted by Crippen LogP contribution is 2.31. The highest BCUT2D eigenvalue weighted by atomic mass is 16.1. The lowest BCUT2D eigenvalue weighted by Crippen LogP contribution is -2.34. The van der Waals surface area contributed by atoms with E-state index >= 15 is 0 Å². The summed E-state index contributed by atoms with van der Waals surface area (Å²) in [4.78, 5) is 16.5. The summed E-state index contributed by atoms with van der Waals surface area (Å²) in [6.45, 7) is 4.01. The predicted molar refractivity (Wildman–Crippen MR) is 84.6 cm³/mol. The van der Waals surface area contributed by atoms with Crippen LogP contribution in [0.2, 0.25) is 0 Å². The Labute approximate surface area is 130 Å². The molecule has 0 aliphatic heterocycles. The Balaban J connectivity index is 1.86. The molecule has 0 radical (unpaired) electrons. The monoisotopic (exact) mass is 298 g/mol. The van der Waals surface area contributed by atoms with Crippen molar-refractivity contribution in [1.29, 1.82) is 0 Å². The van der Waals surface area contributed by atoms with E-state index in [2.05, 4.69) is 15.4 Å². The van der Waals surface area contributed by atoms with Crippen LogP contribution in [0.5, 0.6) is 0 Å². The maximum absolute atomic E-state index is 12.2. The Morgan fingerprint density at radius 3 is 3.09 bits per heavy atom. The van der Waals surface area contributed by atoms with Crippen LogP contribution < -0.4 is 5.32 Å². The molecule has 0 bridgehead atoms. The molecule has 0 spiro atoms. The number of carbonyl (C=O) groups excluding carboxylic acids is 1. The van der Waals surface area contributed by atoms with E-state index in [1.165, 1.54) is 5.69 Å². The summed E-state index contributed by atoms with van der Waals surface area (Å²) in [5.41, 5.74) is 2.30. The highest BCUT2D eigenvalue weighted by molar-refractivity contribution is 5.78. The van der Waals surface area contributed by atoms with Gasteiger partial charge in [0.15, 0.2) is 5.82 Å². The van der Waals surface area contributed by atoms with E-state index in [9.17, 15) is 4.79 Å². The van der Waals surface area contributed by atoms with Crippen molar-refractivity contribution in [2.45, 2.75) is 45.6 Å². The molecule has 5 nitrogen and oxygen atoms in total. The van der Waals surface area contributed by atoms with Gasteiger partial charge in [-0.05, 0) is 37.8 Å². The van der Waals surface area contributed by atoms with Crippen LogP contribution >= 0.6 is 0 Å². The Kier molecular flexibility index (Phi) is 4.22. The number of nitrogens with zero attached hydrogens (tertiary/aromatic N) is 3. The minimum absolute atomic E-state index is 0.0520. The SMILES string of the molecule is CC[C@@H](C)C(=O)N[C@H]1CCCc2c1cnn2-c1ccccn1. The number of hydrogen-bond donors (Lipinski definition) is 1. The maximum atomic E-state index is 12.2. The van der Waals surface area contributed by atoms with Gasteiger partial charge >= 0.3 is 0 Å². The van der Waals surface area contributed by atoms with Crippen LogP contribution in [0.4, 0.5) is 0 Å².